The number of unbranched alkanes of at least 4 members (excludes halogenated alkanes) is 39. The van der Waals surface area contributed by atoms with Crippen LogP contribution in [0, 0.1) is 0 Å². The number of hydrogen-bond donors (Lipinski definition) is 1. The quantitative estimate of drug-likeness (QED) is 0.0212. The van der Waals surface area contributed by atoms with E-state index in [2.05, 4.69) is 50.4 Å². The normalized spacial score (nSPS) is 13.9. The van der Waals surface area contributed by atoms with Crippen molar-refractivity contribution >= 4 is 19.7 Å². The molecule has 0 saturated carbocycles. The summed E-state index contributed by atoms with van der Waals surface area (Å²) in [4.78, 5) is 40.0. The highest BCUT2D eigenvalue weighted by molar-refractivity contribution is 7.45. The zero-order valence-electron chi connectivity index (χ0n) is 50.5. The summed E-state index contributed by atoms with van der Waals surface area (Å²) < 4.78 is 30.3. The van der Waals surface area contributed by atoms with E-state index in [9.17, 15) is 19.0 Å². The van der Waals surface area contributed by atoms with Gasteiger partial charge in [0.1, 0.15) is 19.3 Å². The van der Waals surface area contributed by atoms with E-state index >= 15 is 0 Å². The average molecular weight is 1080 g/mol. The molecule has 10 heteroatoms. The minimum atomic E-state index is -4.69. The molecular weight excluding hydrogens is 952 g/mol. The molecule has 0 saturated heterocycles. The second-order valence-electron chi connectivity index (χ2n) is 23.3. The van der Waals surface area contributed by atoms with Gasteiger partial charge in [-0.15, -0.1) is 0 Å². The van der Waals surface area contributed by atoms with Crippen LogP contribution in [-0.2, 0) is 27.9 Å². The van der Waals surface area contributed by atoms with Gasteiger partial charge < -0.3 is 28.5 Å². The number of quaternary nitrogens is 1. The summed E-state index contributed by atoms with van der Waals surface area (Å²) in [6, 6.07) is -0.883. The maximum absolute atomic E-state index is 13.5. The molecular formula is C65H125N2O7P. The van der Waals surface area contributed by atoms with E-state index in [4.69, 9.17) is 13.8 Å². The third-order valence-corrected chi connectivity index (χ3v) is 15.5. The van der Waals surface area contributed by atoms with Crippen LogP contribution >= 0.6 is 7.82 Å². The van der Waals surface area contributed by atoms with Gasteiger partial charge in [-0.05, 0) is 63.9 Å². The molecule has 0 aliphatic carbocycles. The molecule has 0 radical (unpaired) electrons. The van der Waals surface area contributed by atoms with Crippen molar-refractivity contribution in [3.63, 3.8) is 0 Å². The first-order valence-electron chi connectivity index (χ1n) is 32.3. The van der Waals surface area contributed by atoms with Crippen molar-refractivity contribution in [2.75, 3.05) is 40.9 Å². The van der Waals surface area contributed by atoms with Crippen molar-refractivity contribution in [2.45, 2.75) is 328 Å². The van der Waals surface area contributed by atoms with E-state index in [1.807, 2.05) is 33.3 Å². The third-order valence-electron chi connectivity index (χ3n) is 14.6. The van der Waals surface area contributed by atoms with Gasteiger partial charge in [0.2, 0.25) is 5.91 Å². The summed E-state index contributed by atoms with van der Waals surface area (Å²) in [6.45, 7) is 6.85. The lowest BCUT2D eigenvalue weighted by atomic mass is 10.0. The second-order valence-corrected chi connectivity index (χ2v) is 24.7. The van der Waals surface area contributed by atoms with Gasteiger partial charge in [0.15, 0.2) is 0 Å². The zero-order valence-corrected chi connectivity index (χ0v) is 51.4. The number of likely N-dealkylation sites (N-methyl/N-ethyl adjacent to an activating group) is 1. The van der Waals surface area contributed by atoms with E-state index in [1.54, 1.807) is 0 Å². The standard InChI is InChI=1S/C65H125N2O7P/c1-7-10-13-16-19-22-25-28-30-31-32-33-34-35-36-37-38-40-43-46-49-52-55-58-65(69)74-63(56-53-50-47-44-41-27-24-21-18-15-12-9-3)62(61-73-75(70,71)72-60-59-67(4,5)6)66-64(68)57-54-51-48-45-42-39-29-26-23-20-17-14-11-8-2/h19,22,28,30,53,56,62-63H,7-18,20-21,23-27,29,31-52,54-55,57-61H2,1-6H3,(H-,66,68,70,71)/b22-19-,30-28-,56-53+. The lowest BCUT2D eigenvalue weighted by molar-refractivity contribution is -0.870. The maximum atomic E-state index is 13.5. The number of nitrogens with one attached hydrogen (secondary N) is 1. The van der Waals surface area contributed by atoms with E-state index < -0.39 is 20.0 Å². The predicted molar refractivity (Wildman–Crippen MR) is 321 cm³/mol. The molecule has 1 N–H and O–H groups in total. The number of allylic oxidation sites excluding steroid dienone is 5. The number of carbonyl (C=O) groups excluding carboxylic acids is 2. The summed E-state index contributed by atoms with van der Waals surface area (Å²) in [6.07, 6.45) is 66.8. The van der Waals surface area contributed by atoms with Crippen LogP contribution < -0.4 is 10.2 Å². The Hall–Kier alpha value is -1.77. The molecule has 3 unspecified atom stereocenters. The van der Waals surface area contributed by atoms with Gasteiger partial charge in [-0.2, -0.15) is 0 Å². The summed E-state index contributed by atoms with van der Waals surface area (Å²) in [7, 11) is 1.20. The average Bonchev–Trinajstić information content (AvgIpc) is 3.37. The Morgan fingerprint density at radius 1 is 0.467 bits per heavy atom. The minimum absolute atomic E-state index is 0.0195. The Kier molecular flexibility index (Phi) is 54.2. The molecule has 0 bridgehead atoms. The molecule has 0 aliphatic rings. The topological polar surface area (TPSA) is 114 Å². The Morgan fingerprint density at radius 3 is 1.23 bits per heavy atom. The largest absolute Gasteiger partial charge is 0.756 e. The molecule has 442 valence electrons. The highest BCUT2D eigenvalue weighted by Crippen LogP contribution is 2.38. The summed E-state index contributed by atoms with van der Waals surface area (Å²) >= 11 is 0. The van der Waals surface area contributed by atoms with Gasteiger partial charge in [0.05, 0.1) is 33.8 Å². The van der Waals surface area contributed by atoms with Gasteiger partial charge in [-0.1, -0.05) is 276 Å². The Balaban J connectivity index is 5.12. The fourth-order valence-electron chi connectivity index (χ4n) is 9.55. The number of nitrogens with zero attached hydrogens (tertiary/aromatic N) is 1. The van der Waals surface area contributed by atoms with Crippen molar-refractivity contribution < 1.29 is 37.3 Å². The van der Waals surface area contributed by atoms with Crippen molar-refractivity contribution in [1.29, 1.82) is 0 Å². The number of esters is 1. The number of phosphoric acid groups is 1. The Bertz CT molecular complexity index is 1380. The number of ether oxygens (including phenoxy) is 1. The molecule has 0 spiro atoms. The summed E-state index contributed by atoms with van der Waals surface area (Å²) in [5.74, 6) is -0.527. The fraction of sp³-hybridized carbons (Fsp3) is 0.877. The first-order valence-corrected chi connectivity index (χ1v) is 33.8. The predicted octanol–water partition coefficient (Wildman–Crippen LogP) is 19.3. The van der Waals surface area contributed by atoms with Crippen LogP contribution in [0.5, 0.6) is 0 Å². The highest BCUT2D eigenvalue weighted by atomic mass is 31.2. The molecule has 0 fully saturated rings. The van der Waals surface area contributed by atoms with Crippen LogP contribution in [0.4, 0.5) is 0 Å². The van der Waals surface area contributed by atoms with Crippen LogP contribution in [0.25, 0.3) is 0 Å². The van der Waals surface area contributed by atoms with Crippen LogP contribution in [0.2, 0.25) is 0 Å². The first kappa shape index (κ1) is 73.2. The number of hydrogen-bond acceptors (Lipinski definition) is 7. The molecule has 1 amide bonds. The molecule has 0 heterocycles. The Morgan fingerprint density at radius 2 is 0.813 bits per heavy atom. The SMILES string of the molecule is CCCCC/C=C\C/C=C\CCCCCCCCCCCCCCCC(=O)OC(/C=C/CCCCCCCCCCCC)C(COP(=O)([O-])OCC[N+](C)(C)C)NC(=O)CCCCCCCCCCCCCCCC. The van der Waals surface area contributed by atoms with Crippen LogP contribution in [0.1, 0.15) is 316 Å². The lowest BCUT2D eigenvalue weighted by Crippen LogP contribution is -2.47. The molecule has 75 heavy (non-hydrogen) atoms. The highest BCUT2D eigenvalue weighted by Gasteiger charge is 2.27. The monoisotopic (exact) mass is 1080 g/mol. The smallest absolute Gasteiger partial charge is 0.306 e. The number of rotatable bonds is 59. The maximum Gasteiger partial charge on any atom is 0.306 e. The van der Waals surface area contributed by atoms with Crippen LogP contribution in [0.3, 0.4) is 0 Å². The molecule has 0 aromatic heterocycles. The summed E-state index contributed by atoms with van der Waals surface area (Å²) in [5, 5.41) is 3.03. The minimum Gasteiger partial charge on any atom is -0.756 e. The molecule has 0 aromatic carbocycles. The molecule has 0 rings (SSSR count). The van der Waals surface area contributed by atoms with E-state index in [1.165, 1.54) is 218 Å². The molecule has 0 aromatic rings. The zero-order chi connectivity index (χ0) is 55.0. The van der Waals surface area contributed by atoms with Gasteiger partial charge in [0.25, 0.3) is 7.82 Å². The number of amides is 1. The molecule has 0 aliphatic heterocycles. The number of phosphoric ester groups is 1. The van der Waals surface area contributed by atoms with Crippen LogP contribution in [-0.4, -0.2) is 69.4 Å². The van der Waals surface area contributed by atoms with Gasteiger partial charge >= 0.3 is 5.97 Å². The molecule has 9 nitrogen and oxygen atoms in total. The van der Waals surface area contributed by atoms with E-state index in [0.717, 1.165) is 64.2 Å². The lowest BCUT2D eigenvalue weighted by Gasteiger charge is -2.30. The Labute approximate surface area is 466 Å². The summed E-state index contributed by atoms with van der Waals surface area (Å²) in [5.41, 5.74) is 0. The van der Waals surface area contributed by atoms with Crippen molar-refractivity contribution in [2.24, 2.45) is 0 Å². The van der Waals surface area contributed by atoms with E-state index in [0.29, 0.717) is 17.4 Å². The van der Waals surface area contributed by atoms with Crippen molar-refractivity contribution in [1.82, 2.24) is 5.32 Å². The van der Waals surface area contributed by atoms with Gasteiger partial charge in [-0.25, -0.2) is 0 Å². The van der Waals surface area contributed by atoms with Gasteiger partial charge in [-0.3, -0.25) is 14.2 Å². The fourth-order valence-corrected chi connectivity index (χ4v) is 10.3. The molecule has 3 atom stereocenters. The third kappa shape index (κ3) is 56.8. The second kappa shape index (κ2) is 55.5. The van der Waals surface area contributed by atoms with Crippen molar-refractivity contribution in [3.8, 4) is 0 Å². The van der Waals surface area contributed by atoms with Crippen LogP contribution in [0.15, 0.2) is 36.5 Å². The van der Waals surface area contributed by atoms with E-state index in [-0.39, 0.29) is 31.5 Å². The first-order chi connectivity index (χ1) is 36.4. The number of carbonyl (C=O) groups is 2. The van der Waals surface area contributed by atoms with Crippen molar-refractivity contribution in [3.05, 3.63) is 36.5 Å². The van der Waals surface area contributed by atoms with Gasteiger partial charge in [0, 0.05) is 12.8 Å².